The number of hydrogen-bond acceptors (Lipinski definition) is 6. The molecule has 3 atom stereocenters. The molecule has 2 aromatic rings. The number of nitrogens with one attached hydrogen (secondary N) is 1. The second kappa shape index (κ2) is 11.7. The van der Waals surface area contributed by atoms with E-state index in [0.29, 0.717) is 30.3 Å². The van der Waals surface area contributed by atoms with Crippen molar-refractivity contribution in [2.75, 3.05) is 32.2 Å². The van der Waals surface area contributed by atoms with Gasteiger partial charge in [0, 0.05) is 24.6 Å². The Kier molecular flexibility index (Phi) is 9.35. The van der Waals surface area contributed by atoms with Gasteiger partial charge in [-0.15, -0.1) is 0 Å². The predicted molar refractivity (Wildman–Crippen MR) is 144 cm³/mol. The molecule has 0 bridgehead atoms. The number of phenolic OH excluding ortho intramolecular Hbond substituents is 1. The minimum atomic E-state index is -3.37. The van der Waals surface area contributed by atoms with Gasteiger partial charge < -0.3 is 20.1 Å². The molecular formula is C24H29Cl2N2O7PS. The zero-order valence-corrected chi connectivity index (χ0v) is 23.6. The fraction of sp³-hybridized carbons (Fsp3) is 0.417. The van der Waals surface area contributed by atoms with E-state index < -0.39 is 35.1 Å². The fourth-order valence-electron chi connectivity index (χ4n) is 4.32. The highest BCUT2D eigenvalue weighted by atomic mass is 35.5. The third-order valence-corrected chi connectivity index (χ3v) is 10.7. The molecule has 0 saturated carbocycles. The number of carboxylic acids is 1. The largest absolute Gasteiger partial charge is 0.508 e. The van der Waals surface area contributed by atoms with Crippen molar-refractivity contribution in [3.8, 4) is 5.75 Å². The van der Waals surface area contributed by atoms with Gasteiger partial charge in [0.25, 0.3) is 5.91 Å². The van der Waals surface area contributed by atoms with Crippen molar-refractivity contribution in [3.63, 3.8) is 0 Å². The summed E-state index contributed by atoms with van der Waals surface area (Å²) in [7, 11) is -6.16. The number of amides is 1. The van der Waals surface area contributed by atoms with E-state index >= 15 is 0 Å². The van der Waals surface area contributed by atoms with E-state index in [1.54, 1.807) is 18.8 Å². The van der Waals surface area contributed by atoms with Gasteiger partial charge in [-0.25, -0.2) is 17.5 Å². The first-order valence-electron chi connectivity index (χ1n) is 11.5. The lowest BCUT2D eigenvalue weighted by Gasteiger charge is -2.20. The maximum atomic E-state index is 13.2. The number of nitrogens with zero attached hydrogens (tertiary/aromatic N) is 1. The van der Waals surface area contributed by atoms with E-state index in [1.807, 2.05) is 0 Å². The number of carbonyl (C=O) groups excluding carboxylic acids is 1. The minimum absolute atomic E-state index is 0.0246. The van der Waals surface area contributed by atoms with Gasteiger partial charge >= 0.3 is 5.97 Å². The van der Waals surface area contributed by atoms with Crippen molar-refractivity contribution in [2.45, 2.75) is 25.3 Å². The van der Waals surface area contributed by atoms with E-state index in [9.17, 15) is 32.8 Å². The number of rotatable bonds is 10. The molecule has 1 amide bonds. The highest BCUT2D eigenvalue weighted by Crippen LogP contribution is 2.41. The van der Waals surface area contributed by atoms with Crippen LogP contribution in [0.15, 0.2) is 36.4 Å². The monoisotopic (exact) mass is 590 g/mol. The molecule has 2 unspecified atom stereocenters. The zero-order valence-electron chi connectivity index (χ0n) is 20.4. The van der Waals surface area contributed by atoms with Crippen LogP contribution < -0.4 is 10.6 Å². The fourth-order valence-corrected chi connectivity index (χ4v) is 7.69. The molecule has 13 heteroatoms. The Labute approximate surface area is 226 Å². The third kappa shape index (κ3) is 7.71. The molecule has 37 heavy (non-hydrogen) atoms. The molecule has 9 nitrogen and oxygen atoms in total. The quantitative estimate of drug-likeness (QED) is 0.360. The molecule has 1 aliphatic heterocycles. The molecule has 1 fully saturated rings. The molecule has 1 saturated heterocycles. The van der Waals surface area contributed by atoms with Crippen LogP contribution in [0.1, 0.15) is 28.8 Å². The Morgan fingerprint density at radius 1 is 1.22 bits per heavy atom. The second-order valence-corrected chi connectivity index (χ2v) is 15.4. The number of halogens is 2. The summed E-state index contributed by atoms with van der Waals surface area (Å²) < 4.78 is 37.9. The number of carboxylic acid groups (broad SMARTS) is 1. The molecule has 0 aromatic heterocycles. The van der Waals surface area contributed by atoms with Gasteiger partial charge in [-0.3, -0.25) is 4.79 Å². The van der Waals surface area contributed by atoms with Crippen molar-refractivity contribution in [1.82, 2.24) is 9.62 Å². The van der Waals surface area contributed by atoms with Crippen molar-refractivity contribution in [1.29, 1.82) is 0 Å². The van der Waals surface area contributed by atoms with E-state index in [2.05, 4.69) is 5.32 Å². The summed E-state index contributed by atoms with van der Waals surface area (Å²) >= 11 is 12.7. The topological polar surface area (TPSA) is 141 Å². The first kappa shape index (κ1) is 29.5. The van der Waals surface area contributed by atoms with E-state index in [-0.39, 0.29) is 46.4 Å². The van der Waals surface area contributed by atoms with Crippen LogP contribution in [0.3, 0.4) is 0 Å². The van der Waals surface area contributed by atoms with Gasteiger partial charge in [-0.2, -0.15) is 0 Å². The van der Waals surface area contributed by atoms with Gasteiger partial charge in [-0.1, -0.05) is 35.3 Å². The van der Waals surface area contributed by atoms with Crippen LogP contribution in [-0.4, -0.2) is 73.0 Å². The summed E-state index contributed by atoms with van der Waals surface area (Å²) in [6, 6.07) is 8.09. The van der Waals surface area contributed by atoms with Crippen LogP contribution in [0.5, 0.6) is 5.75 Å². The molecule has 0 spiro atoms. The zero-order chi connectivity index (χ0) is 27.5. The van der Waals surface area contributed by atoms with Crippen molar-refractivity contribution >= 4 is 57.5 Å². The average Bonchev–Trinajstić information content (AvgIpc) is 3.26. The number of phenols is 1. The predicted octanol–water partition coefficient (Wildman–Crippen LogP) is 3.41. The summed E-state index contributed by atoms with van der Waals surface area (Å²) in [5, 5.41) is 22.4. The molecule has 202 valence electrons. The molecule has 0 aliphatic carbocycles. The molecule has 3 rings (SSSR count). The van der Waals surface area contributed by atoms with Gasteiger partial charge in [-0.05, 0) is 61.7 Å². The molecule has 1 aliphatic rings. The Bertz CT molecular complexity index is 1330. The second-order valence-electron chi connectivity index (χ2n) is 9.40. The highest BCUT2D eigenvalue weighted by Gasteiger charge is 2.33. The smallest absolute Gasteiger partial charge is 0.326 e. The van der Waals surface area contributed by atoms with Crippen molar-refractivity contribution < 1.29 is 32.8 Å². The number of aryl methyl sites for hydroxylation is 1. The number of hydrogen-bond donors (Lipinski definition) is 3. The Morgan fingerprint density at radius 2 is 1.86 bits per heavy atom. The van der Waals surface area contributed by atoms with Crippen LogP contribution in [0.4, 0.5) is 0 Å². The number of benzene rings is 2. The molecule has 0 radical (unpaired) electrons. The first-order chi connectivity index (χ1) is 17.2. The minimum Gasteiger partial charge on any atom is -0.508 e. The molecular weight excluding hydrogens is 562 g/mol. The first-order valence-corrected chi connectivity index (χ1v) is 16.4. The average molecular weight is 591 g/mol. The summed E-state index contributed by atoms with van der Waals surface area (Å²) in [5.74, 6) is -2.20. The maximum Gasteiger partial charge on any atom is 0.326 e. The highest BCUT2D eigenvalue weighted by molar-refractivity contribution is 7.88. The molecule has 2 aromatic carbocycles. The van der Waals surface area contributed by atoms with Crippen molar-refractivity contribution in [3.05, 3.63) is 57.6 Å². The summed E-state index contributed by atoms with van der Waals surface area (Å²) in [6.45, 7) is 2.12. The summed E-state index contributed by atoms with van der Waals surface area (Å²) in [4.78, 5) is 24.7. The van der Waals surface area contributed by atoms with E-state index in [4.69, 9.17) is 23.2 Å². The van der Waals surface area contributed by atoms with Crippen LogP contribution >= 0.6 is 30.3 Å². The SMILES string of the molecule is CP(=O)(CCc1cc(Cl)c(C(=O)N[C@@H](CC2CCN(S(C)(=O)=O)C2)C(=O)O)c(Cl)c1)c1cccc(O)c1. The Balaban J connectivity index is 1.69. The molecule has 3 N–H and O–H groups in total. The number of sulfonamides is 1. The standard InChI is InChI=1S/C24H29Cl2N2O7PS/c1-36(33,18-5-3-4-17(29)13-18)9-7-15-10-19(25)22(20(26)11-15)23(30)27-21(24(31)32)12-16-6-8-28(14-16)37(2,34)35/h3-5,10-11,13,16,21,29H,6-9,12,14H2,1-2H3,(H,27,30)(H,31,32)/t16?,21-,36?/m0/s1. The maximum absolute atomic E-state index is 13.2. The van der Waals surface area contributed by atoms with E-state index in [1.165, 1.54) is 28.6 Å². The number of aromatic hydroxyl groups is 1. The Morgan fingerprint density at radius 3 is 2.41 bits per heavy atom. The lowest BCUT2D eigenvalue weighted by molar-refractivity contribution is -0.139. The lowest BCUT2D eigenvalue weighted by Crippen LogP contribution is -2.42. The van der Waals surface area contributed by atoms with Crippen LogP contribution in [0.25, 0.3) is 0 Å². The van der Waals surface area contributed by atoms with Crippen LogP contribution in [-0.2, 0) is 25.8 Å². The van der Waals surface area contributed by atoms with Crippen LogP contribution in [0.2, 0.25) is 10.0 Å². The van der Waals surface area contributed by atoms with Crippen molar-refractivity contribution in [2.24, 2.45) is 5.92 Å². The summed E-state index contributed by atoms with van der Waals surface area (Å²) in [6.07, 6.45) is 2.28. The molecule has 1 heterocycles. The summed E-state index contributed by atoms with van der Waals surface area (Å²) in [5.41, 5.74) is 0.575. The van der Waals surface area contributed by atoms with E-state index in [0.717, 1.165) is 6.26 Å². The number of carbonyl (C=O) groups is 2. The normalized spacial score (nSPS) is 18.8. The third-order valence-electron chi connectivity index (χ3n) is 6.42. The lowest BCUT2D eigenvalue weighted by atomic mass is 9.98. The van der Waals surface area contributed by atoms with Gasteiger partial charge in [0.05, 0.1) is 21.9 Å². The van der Waals surface area contributed by atoms with Gasteiger partial charge in [0.2, 0.25) is 10.0 Å². The number of aliphatic carboxylic acids is 1. The van der Waals surface area contributed by atoms with Gasteiger partial charge in [0.1, 0.15) is 18.9 Å². The van der Waals surface area contributed by atoms with Gasteiger partial charge in [0.15, 0.2) is 0 Å². The van der Waals surface area contributed by atoms with Crippen LogP contribution in [0, 0.1) is 5.92 Å². The Hall–Kier alpha value is -2.10.